The number of nitrogens with one attached hydrogen (secondary N) is 2. The van der Waals surface area contributed by atoms with Crippen molar-refractivity contribution in [1.29, 1.82) is 0 Å². The number of methoxy groups -OCH3 is 1. The summed E-state index contributed by atoms with van der Waals surface area (Å²) in [5.74, 6) is 2.89. The maximum atomic E-state index is 8.96. The van der Waals surface area contributed by atoms with Gasteiger partial charge in [-0.1, -0.05) is 24.3 Å². The lowest BCUT2D eigenvalue weighted by Gasteiger charge is -2.38. The number of para-hydroxylation sites is 1. The van der Waals surface area contributed by atoms with Crippen molar-refractivity contribution < 1.29 is 19.3 Å². The molecule has 1 unspecified atom stereocenters. The van der Waals surface area contributed by atoms with Crippen LogP contribution in [0.1, 0.15) is 44.4 Å². The minimum absolute atomic E-state index is 0.0426. The molecule has 1 atom stereocenters. The van der Waals surface area contributed by atoms with Gasteiger partial charge in [0.2, 0.25) is 0 Å². The summed E-state index contributed by atoms with van der Waals surface area (Å²) in [6.45, 7) is 7.69. The van der Waals surface area contributed by atoms with Crippen LogP contribution in [0.3, 0.4) is 0 Å². The molecule has 0 bridgehead atoms. The minimum atomic E-state index is -0.263. The Labute approximate surface area is 184 Å². The topological polar surface area (TPSA) is 84.3 Å². The molecule has 7 nitrogen and oxygen atoms in total. The minimum Gasteiger partial charge on any atom is -0.493 e. The van der Waals surface area contributed by atoms with Crippen molar-refractivity contribution in [3.05, 3.63) is 53.6 Å². The summed E-state index contributed by atoms with van der Waals surface area (Å²) in [5.41, 5.74) is 1.87. The lowest BCUT2D eigenvalue weighted by Crippen LogP contribution is -2.45. The molecule has 0 saturated heterocycles. The van der Waals surface area contributed by atoms with Crippen LogP contribution < -0.4 is 24.8 Å². The molecule has 0 fully saturated rings. The van der Waals surface area contributed by atoms with Crippen LogP contribution in [0.4, 0.5) is 0 Å². The Bertz CT molecular complexity index is 898. The number of aliphatic imine (C=N–C) groups is 1. The average molecular weight is 428 g/mol. The smallest absolute Gasteiger partial charge is 0.192 e. The fraction of sp³-hybridized carbons (Fsp3) is 0.458. The number of benzene rings is 2. The highest BCUT2D eigenvalue weighted by atomic mass is 16.5. The van der Waals surface area contributed by atoms with Gasteiger partial charge in [-0.2, -0.15) is 0 Å². The van der Waals surface area contributed by atoms with Gasteiger partial charge in [-0.15, -0.1) is 0 Å². The molecule has 1 aliphatic heterocycles. The molecule has 0 radical (unpaired) electrons. The second-order valence-corrected chi connectivity index (χ2v) is 8.05. The van der Waals surface area contributed by atoms with Gasteiger partial charge in [0.05, 0.1) is 26.3 Å². The summed E-state index contributed by atoms with van der Waals surface area (Å²) in [6, 6.07) is 14.0. The second-order valence-electron chi connectivity index (χ2n) is 8.05. The fourth-order valence-corrected chi connectivity index (χ4v) is 3.67. The summed E-state index contributed by atoms with van der Waals surface area (Å²) in [4.78, 5) is 4.78. The lowest BCUT2D eigenvalue weighted by atomic mass is 9.90. The van der Waals surface area contributed by atoms with E-state index in [2.05, 4.69) is 37.5 Å². The fourth-order valence-electron chi connectivity index (χ4n) is 3.67. The number of nitrogens with zero attached hydrogens (tertiary/aromatic N) is 1. The summed E-state index contributed by atoms with van der Waals surface area (Å²) in [6.07, 6.45) is 0.832. The van der Waals surface area contributed by atoms with Crippen LogP contribution in [0.25, 0.3) is 0 Å². The zero-order valence-corrected chi connectivity index (χ0v) is 18.8. The lowest BCUT2D eigenvalue weighted by molar-refractivity contribution is 0.0694. The normalized spacial score (nSPS) is 17.3. The van der Waals surface area contributed by atoms with E-state index in [1.54, 1.807) is 7.11 Å². The van der Waals surface area contributed by atoms with Gasteiger partial charge in [-0.05, 0) is 44.5 Å². The van der Waals surface area contributed by atoms with Crippen LogP contribution in [0, 0.1) is 0 Å². The van der Waals surface area contributed by atoms with E-state index in [9.17, 15) is 0 Å². The van der Waals surface area contributed by atoms with Crippen molar-refractivity contribution in [2.24, 2.45) is 4.99 Å². The van der Waals surface area contributed by atoms with E-state index < -0.39 is 0 Å². The van der Waals surface area contributed by atoms with E-state index in [1.165, 1.54) is 0 Å². The third-order valence-corrected chi connectivity index (χ3v) is 5.03. The third kappa shape index (κ3) is 6.04. The molecule has 31 heavy (non-hydrogen) atoms. The van der Waals surface area contributed by atoms with Gasteiger partial charge < -0.3 is 30.0 Å². The van der Waals surface area contributed by atoms with Gasteiger partial charge >= 0.3 is 0 Å². The number of guanidine groups is 1. The highest BCUT2D eigenvalue weighted by Gasteiger charge is 2.33. The van der Waals surface area contributed by atoms with E-state index in [1.807, 2.05) is 36.4 Å². The maximum Gasteiger partial charge on any atom is 0.192 e. The van der Waals surface area contributed by atoms with Crippen LogP contribution in [0.2, 0.25) is 0 Å². The Hall–Kier alpha value is -2.93. The Morgan fingerprint density at radius 1 is 1.23 bits per heavy atom. The first-order valence-corrected chi connectivity index (χ1v) is 10.7. The van der Waals surface area contributed by atoms with E-state index >= 15 is 0 Å². The monoisotopic (exact) mass is 427 g/mol. The van der Waals surface area contributed by atoms with Crippen LogP contribution >= 0.6 is 0 Å². The molecule has 7 heteroatoms. The highest BCUT2D eigenvalue weighted by molar-refractivity contribution is 5.80. The molecule has 0 amide bonds. The highest BCUT2D eigenvalue weighted by Crippen LogP contribution is 2.39. The quantitative estimate of drug-likeness (QED) is 0.442. The van der Waals surface area contributed by atoms with Crippen molar-refractivity contribution in [3.8, 4) is 17.2 Å². The molecular weight excluding hydrogens is 394 g/mol. The number of aliphatic hydroxyl groups is 1. The van der Waals surface area contributed by atoms with E-state index in [0.717, 1.165) is 35.8 Å². The Morgan fingerprint density at radius 3 is 2.77 bits per heavy atom. The van der Waals surface area contributed by atoms with E-state index in [0.29, 0.717) is 18.0 Å². The molecule has 168 valence electrons. The van der Waals surface area contributed by atoms with Crippen molar-refractivity contribution in [3.63, 3.8) is 0 Å². The standard InChI is InChI=1S/C24H33N3O4/c1-5-25-23(26-16-17-10-11-21(30-13-12-28)22(14-17)29-4)27-19-15-24(2,3)31-20-9-7-6-8-18(19)20/h6-11,14,19,28H,5,12-13,15-16H2,1-4H3,(H2,25,26,27). The summed E-state index contributed by atoms with van der Waals surface area (Å²) in [7, 11) is 1.60. The summed E-state index contributed by atoms with van der Waals surface area (Å²) in [5, 5.41) is 15.9. The van der Waals surface area contributed by atoms with Gasteiger partial charge in [0.1, 0.15) is 18.0 Å². The molecule has 3 N–H and O–H groups in total. The molecule has 0 aromatic heterocycles. The number of rotatable bonds is 8. The molecule has 1 heterocycles. The van der Waals surface area contributed by atoms with Gasteiger partial charge in [0, 0.05) is 18.5 Å². The molecule has 1 aliphatic rings. The van der Waals surface area contributed by atoms with Gasteiger partial charge in [0.15, 0.2) is 17.5 Å². The predicted octanol–water partition coefficient (Wildman–Crippen LogP) is 3.42. The van der Waals surface area contributed by atoms with Gasteiger partial charge in [-0.25, -0.2) is 4.99 Å². The summed E-state index contributed by atoms with van der Waals surface area (Å²) < 4.78 is 17.1. The molecule has 0 spiro atoms. The average Bonchev–Trinajstić information content (AvgIpc) is 2.75. The van der Waals surface area contributed by atoms with E-state index in [4.69, 9.17) is 24.3 Å². The third-order valence-electron chi connectivity index (χ3n) is 5.03. The second kappa shape index (κ2) is 10.4. The molecule has 2 aromatic rings. The molecule has 2 aromatic carbocycles. The van der Waals surface area contributed by atoms with Gasteiger partial charge in [0.25, 0.3) is 0 Å². The number of ether oxygens (including phenoxy) is 3. The first kappa shape index (κ1) is 22.7. The maximum absolute atomic E-state index is 8.96. The SMILES string of the molecule is CCNC(=NCc1ccc(OCCO)c(OC)c1)NC1CC(C)(C)Oc2ccccc21. The Balaban J connectivity index is 1.77. The first-order valence-electron chi connectivity index (χ1n) is 10.7. The number of aliphatic hydroxyl groups excluding tert-OH is 1. The molecular formula is C24H33N3O4. The predicted molar refractivity (Wildman–Crippen MR) is 122 cm³/mol. The zero-order chi connectivity index (χ0) is 22.3. The molecule has 0 saturated carbocycles. The van der Waals surface area contributed by atoms with Crippen molar-refractivity contribution in [2.45, 2.75) is 45.4 Å². The first-order chi connectivity index (χ1) is 15.0. The van der Waals surface area contributed by atoms with Crippen molar-refractivity contribution in [1.82, 2.24) is 10.6 Å². The number of hydrogen-bond donors (Lipinski definition) is 3. The Morgan fingerprint density at radius 2 is 2.03 bits per heavy atom. The molecule has 3 rings (SSSR count). The van der Waals surface area contributed by atoms with Crippen molar-refractivity contribution in [2.75, 3.05) is 26.9 Å². The largest absolute Gasteiger partial charge is 0.493 e. The zero-order valence-electron chi connectivity index (χ0n) is 18.8. The van der Waals surface area contributed by atoms with Crippen LogP contribution in [-0.2, 0) is 6.54 Å². The van der Waals surface area contributed by atoms with Crippen LogP contribution in [-0.4, -0.2) is 43.5 Å². The summed E-state index contributed by atoms with van der Waals surface area (Å²) >= 11 is 0. The van der Waals surface area contributed by atoms with Gasteiger partial charge in [-0.3, -0.25) is 0 Å². The van der Waals surface area contributed by atoms with Crippen LogP contribution in [0.15, 0.2) is 47.5 Å². The number of hydrogen-bond acceptors (Lipinski definition) is 5. The van der Waals surface area contributed by atoms with Crippen LogP contribution in [0.5, 0.6) is 17.2 Å². The number of fused-ring (bicyclic) bond motifs is 1. The van der Waals surface area contributed by atoms with E-state index in [-0.39, 0.29) is 24.9 Å². The van der Waals surface area contributed by atoms with Crippen molar-refractivity contribution >= 4 is 5.96 Å². The molecule has 0 aliphatic carbocycles. The Kier molecular flexibility index (Phi) is 7.63.